The van der Waals surface area contributed by atoms with Crippen LogP contribution in [0.25, 0.3) is 0 Å². The highest BCUT2D eigenvalue weighted by Crippen LogP contribution is 2.35. The second-order valence-electron chi connectivity index (χ2n) is 4.08. The van der Waals surface area contributed by atoms with Gasteiger partial charge < -0.3 is 14.2 Å². The lowest BCUT2D eigenvalue weighted by atomic mass is 9.82. The zero-order valence-corrected chi connectivity index (χ0v) is 10.0. The van der Waals surface area contributed by atoms with Crippen molar-refractivity contribution in [2.24, 2.45) is 5.92 Å². The van der Waals surface area contributed by atoms with Crippen molar-refractivity contribution in [3.63, 3.8) is 0 Å². The second kappa shape index (κ2) is 5.08. The Labute approximate surface area is 100 Å². The highest BCUT2D eigenvalue weighted by Gasteiger charge is 2.37. The van der Waals surface area contributed by atoms with Gasteiger partial charge in [-0.1, -0.05) is 12.1 Å². The molecule has 0 heterocycles. The molecule has 1 fully saturated rings. The minimum Gasteiger partial charge on any atom is -0.493 e. The molecule has 4 heteroatoms. The zero-order chi connectivity index (χ0) is 12.3. The molecular formula is C13H16O4. The maximum atomic E-state index is 11.2. The van der Waals surface area contributed by atoms with E-state index in [2.05, 4.69) is 4.74 Å². The van der Waals surface area contributed by atoms with Crippen LogP contribution in [-0.4, -0.2) is 26.3 Å². The Hall–Kier alpha value is -1.71. The first-order valence-electron chi connectivity index (χ1n) is 5.62. The molecule has 1 saturated carbocycles. The molecule has 0 saturated heterocycles. The van der Waals surface area contributed by atoms with Gasteiger partial charge in [0.2, 0.25) is 0 Å². The fourth-order valence-corrected chi connectivity index (χ4v) is 1.92. The Bertz CT molecular complexity index is 396. The third kappa shape index (κ3) is 2.52. The molecule has 1 aromatic rings. The van der Waals surface area contributed by atoms with Crippen molar-refractivity contribution in [1.29, 1.82) is 0 Å². The van der Waals surface area contributed by atoms with Gasteiger partial charge in [0, 0.05) is 0 Å². The molecule has 0 N–H and O–H groups in total. The predicted octanol–water partition coefficient (Wildman–Crippen LogP) is 2.03. The van der Waals surface area contributed by atoms with Crippen molar-refractivity contribution in [2.45, 2.75) is 18.9 Å². The first kappa shape index (κ1) is 11.8. The summed E-state index contributed by atoms with van der Waals surface area (Å²) in [5.74, 6) is 1.28. The summed E-state index contributed by atoms with van der Waals surface area (Å²) >= 11 is 0. The number of methoxy groups -OCH3 is 2. The van der Waals surface area contributed by atoms with E-state index in [9.17, 15) is 4.79 Å². The summed E-state index contributed by atoms with van der Waals surface area (Å²) in [6, 6.07) is 7.51. The zero-order valence-electron chi connectivity index (χ0n) is 10.0. The molecule has 1 aliphatic carbocycles. The van der Waals surface area contributed by atoms with Gasteiger partial charge in [-0.2, -0.15) is 0 Å². The lowest BCUT2D eigenvalue weighted by molar-refractivity contribution is -0.151. The summed E-state index contributed by atoms with van der Waals surface area (Å²) in [5.41, 5.74) is 0. The van der Waals surface area contributed by atoms with Crippen molar-refractivity contribution in [3.05, 3.63) is 24.3 Å². The normalized spacial score (nSPS) is 22.5. The number of hydrogen-bond acceptors (Lipinski definition) is 4. The van der Waals surface area contributed by atoms with Crippen molar-refractivity contribution >= 4 is 5.97 Å². The first-order chi connectivity index (χ1) is 8.24. The van der Waals surface area contributed by atoms with E-state index < -0.39 is 0 Å². The van der Waals surface area contributed by atoms with Gasteiger partial charge in [-0.25, -0.2) is 0 Å². The van der Waals surface area contributed by atoms with Crippen LogP contribution < -0.4 is 9.47 Å². The molecule has 0 unspecified atom stereocenters. The van der Waals surface area contributed by atoms with E-state index in [0.717, 1.165) is 5.75 Å². The molecule has 0 aromatic heterocycles. The molecule has 1 aliphatic rings. The van der Waals surface area contributed by atoms with E-state index in [4.69, 9.17) is 9.47 Å². The molecule has 4 nitrogen and oxygen atoms in total. The Balaban J connectivity index is 1.89. The van der Waals surface area contributed by atoms with Gasteiger partial charge in [0.15, 0.2) is 11.5 Å². The fourth-order valence-electron chi connectivity index (χ4n) is 1.92. The van der Waals surface area contributed by atoms with Crippen LogP contribution in [0.4, 0.5) is 0 Å². The third-order valence-corrected chi connectivity index (χ3v) is 2.99. The summed E-state index contributed by atoms with van der Waals surface area (Å²) in [6.45, 7) is 0. The van der Waals surface area contributed by atoms with Crippen LogP contribution in [-0.2, 0) is 9.53 Å². The number of ether oxygens (including phenoxy) is 3. The maximum Gasteiger partial charge on any atom is 0.308 e. The van der Waals surface area contributed by atoms with E-state index in [1.165, 1.54) is 7.11 Å². The van der Waals surface area contributed by atoms with Crippen LogP contribution in [0, 0.1) is 5.92 Å². The van der Waals surface area contributed by atoms with Crippen molar-refractivity contribution in [3.8, 4) is 11.5 Å². The molecule has 17 heavy (non-hydrogen) atoms. The van der Waals surface area contributed by atoms with E-state index in [1.807, 2.05) is 24.3 Å². The summed E-state index contributed by atoms with van der Waals surface area (Å²) in [5, 5.41) is 0. The number of carbonyl (C=O) groups is 1. The molecule has 0 radical (unpaired) electrons. The topological polar surface area (TPSA) is 44.8 Å². The average Bonchev–Trinajstić information content (AvgIpc) is 2.32. The van der Waals surface area contributed by atoms with Gasteiger partial charge in [-0.3, -0.25) is 4.79 Å². The highest BCUT2D eigenvalue weighted by atomic mass is 16.5. The standard InChI is InChI=1S/C13H16O4/c1-15-11-5-3-4-6-12(11)17-10-7-9(8-10)13(14)16-2/h3-6,9-10H,7-8H2,1-2H3/t9-,10-. The molecule has 0 spiro atoms. The lowest BCUT2D eigenvalue weighted by Gasteiger charge is -2.33. The quantitative estimate of drug-likeness (QED) is 0.750. The average molecular weight is 236 g/mol. The Kier molecular flexibility index (Phi) is 3.52. The molecule has 0 bridgehead atoms. The Morgan fingerprint density at radius 2 is 1.82 bits per heavy atom. The second-order valence-corrected chi connectivity index (χ2v) is 4.08. The van der Waals surface area contributed by atoms with Gasteiger partial charge in [-0.05, 0) is 25.0 Å². The number of para-hydroxylation sites is 2. The van der Waals surface area contributed by atoms with Crippen molar-refractivity contribution in [2.75, 3.05) is 14.2 Å². The molecule has 0 aliphatic heterocycles. The van der Waals surface area contributed by atoms with Crippen LogP contribution in [0.2, 0.25) is 0 Å². The number of benzene rings is 1. The minimum atomic E-state index is -0.148. The summed E-state index contributed by atoms with van der Waals surface area (Å²) in [4.78, 5) is 11.2. The number of rotatable bonds is 4. The number of hydrogen-bond donors (Lipinski definition) is 0. The summed E-state index contributed by atoms with van der Waals surface area (Å²) in [7, 11) is 3.02. The van der Waals surface area contributed by atoms with Gasteiger partial charge in [-0.15, -0.1) is 0 Å². The third-order valence-electron chi connectivity index (χ3n) is 2.99. The molecule has 1 aromatic carbocycles. The number of carbonyl (C=O) groups excluding carboxylic acids is 1. The van der Waals surface area contributed by atoms with E-state index in [-0.39, 0.29) is 18.0 Å². The van der Waals surface area contributed by atoms with E-state index in [0.29, 0.717) is 18.6 Å². The van der Waals surface area contributed by atoms with Gasteiger partial charge in [0.25, 0.3) is 0 Å². The van der Waals surface area contributed by atoms with Crippen LogP contribution in [0.3, 0.4) is 0 Å². The van der Waals surface area contributed by atoms with Crippen LogP contribution >= 0.6 is 0 Å². The van der Waals surface area contributed by atoms with Crippen molar-refractivity contribution in [1.82, 2.24) is 0 Å². The molecular weight excluding hydrogens is 220 g/mol. The molecule has 0 atom stereocenters. The lowest BCUT2D eigenvalue weighted by Crippen LogP contribution is -2.38. The van der Waals surface area contributed by atoms with Gasteiger partial charge in [0.1, 0.15) is 6.10 Å². The minimum absolute atomic E-state index is 0.0142. The predicted molar refractivity (Wildman–Crippen MR) is 62.2 cm³/mol. The summed E-state index contributed by atoms with van der Waals surface area (Å²) < 4.78 is 15.6. The monoisotopic (exact) mass is 236 g/mol. The van der Waals surface area contributed by atoms with Crippen LogP contribution in [0.15, 0.2) is 24.3 Å². The van der Waals surface area contributed by atoms with E-state index in [1.54, 1.807) is 7.11 Å². The van der Waals surface area contributed by atoms with Gasteiger partial charge >= 0.3 is 5.97 Å². The molecule has 0 amide bonds. The van der Waals surface area contributed by atoms with E-state index >= 15 is 0 Å². The fraction of sp³-hybridized carbons (Fsp3) is 0.462. The van der Waals surface area contributed by atoms with Crippen molar-refractivity contribution < 1.29 is 19.0 Å². The Morgan fingerprint density at radius 1 is 1.18 bits per heavy atom. The highest BCUT2D eigenvalue weighted by molar-refractivity contribution is 5.73. The van der Waals surface area contributed by atoms with Gasteiger partial charge in [0.05, 0.1) is 20.1 Å². The van der Waals surface area contributed by atoms with Crippen LogP contribution in [0.5, 0.6) is 11.5 Å². The smallest absolute Gasteiger partial charge is 0.308 e. The first-order valence-corrected chi connectivity index (χ1v) is 5.62. The SMILES string of the molecule is COc1ccccc1O[C@H]1C[C@H](C(=O)OC)C1. The van der Waals surface area contributed by atoms with Crippen LogP contribution in [0.1, 0.15) is 12.8 Å². The largest absolute Gasteiger partial charge is 0.493 e. The molecule has 92 valence electrons. The summed E-state index contributed by atoms with van der Waals surface area (Å²) in [6.07, 6.45) is 1.51. The Morgan fingerprint density at radius 3 is 2.41 bits per heavy atom. The molecule has 2 rings (SSSR count). The number of esters is 1. The maximum absolute atomic E-state index is 11.2.